The van der Waals surface area contributed by atoms with Gasteiger partial charge in [0, 0.05) is 5.92 Å². The molecule has 5 fully saturated rings. The second kappa shape index (κ2) is 4.71. The summed E-state index contributed by atoms with van der Waals surface area (Å²) in [5, 5.41) is 21.6. The normalized spacial score (nSPS) is 54.1. The summed E-state index contributed by atoms with van der Waals surface area (Å²) in [6, 6.07) is 0. The van der Waals surface area contributed by atoms with Crippen LogP contribution < -0.4 is 0 Å². The first-order valence-electron chi connectivity index (χ1n) is 9.64. The van der Waals surface area contributed by atoms with Gasteiger partial charge in [-0.15, -0.1) is 0 Å². The van der Waals surface area contributed by atoms with Crippen LogP contribution >= 0.6 is 0 Å². The van der Waals surface area contributed by atoms with Crippen molar-refractivity contribution >= 4 is 11.9 Å². The van der Waals surface area contributed by atoms with E-state index in [2.05, 4.69) is 6.58 Å². The number of hydrogen-bond donors (Lipinski definition) is 2. The quantitative estimate of drug-likeness (QED) is 0.502. The van der Waals surface area contributed by atoms with Gasteiger partial charge in [0.2, 0.25) is 6.29 Å². The molecule has 2 N–H and O–H groups in total. The predicted octanol–water partition coefficient (Wildman–Crippen LogP) is 1.54. The molecule has 6 nitrogen and oxygen atoms in total. The maximum absolute atomic E-state index is 13.2. The lowest BCUT2D eigenvalue weighted by Gasteiger charge is -2.60. The van der Waals surface area contributed by atoms with Gasteiger partial charge in [-0.2, -0.15) is 0 Å². The average Bonchev–Trinajstić information content (AvgIpc) is 2.96. The Morgan fingerprint density at radius 1 is 1.08 bits per heavy atom. The van der Waals surface area contributed by atoms with Gasteiger partial charge in [-0.3, -0.25) is 9.59 Å². The van der Waals surface area contributed by atoms with Crippen molar-refractivity contribution in [3.8, 4) is 0 Å². The summed E-state index contributed by atoms with van der Waals surface area (Å²) in [6.45, 7) is 8.11. The number of esters is 2. The third kappa shape index (κ3) is 1.55. The highest BCUT2D eigenvalue weighted by atomic mass is 16.6. The third-order valence-corrected chi connectivity index (χ3v) is 8.39. The lowest BCUT2D eigenvalue weighted by Crippen LogP contribution is -2.69. The fourth-order valence-corrected chi connectivity index (χ4v) is 7.34. The molecule has 5 rings (SSSR count). The van der Waals surface area contributed by atoms with E-state index in [0.29, 0.717) is 24.8 Å². The van der Waals surface area contributed by atoms with Gasteiger partial charge < -0.3 is 19.7 Å². The fourth-order valence-electron chi connectivity index (χ4n) is 7.34. The molecular formula is C20H26O6. The number of cyclic esters (lactones) is 1. The summed E-state index contributed by atoms with van der Waals surface area (Å²) < 4.78 is 11.2. The van der Waals surface area contributed by atoms with Gasteiger partial charge in [0.25, 0.3) is 0 Å². The number of fused-ring (bicyclic) bond motifs is 1. The largest absolute Gasteiger partial charge is 0.461 e. The lowest BCUT2D eigenvalue weighted by atomic mass is 9.43. The topological polar surface area (TPSA) is 93.1 Å². The summed E-state index contributed by atoms with van der Waals surface area (Å²) >= 11 is 0. The summed E-state index contributed by atoms with van der Waals surface area (Å²) in [5.74, 6) is -1.62. The van der Waals surface area contributed by atoms with Gasteiger partial charge in [0.1, 0.15) is 16.9 Å². The number of carbonyl (C=O) groups excluding carboxylic acids is 2. The monoisotopic (exact) mass is 362 g/mol. The number of ether oxygens (including phenoxy) is 2. The maximum Gasteiger partial charge on any atom is 0.319 e. The zero-order chi connectivity index (χ0) is 18.6. The Morgan fingerprint density at radius 2 is 1.81 bits per heavy atom. The zero-order valence-corrected chi connectivity index (χ0v) is 15.2. The summed E-state index contributed by atoms with van der Waals surface area (Å²) in [4.78, 5) is 26.3. The van der Waals surface area contributed by atoms with E-state index < -0.39 is 47.2 Å². The molecule has 2 spiro atoms. The Kier molecular flexibility index (Phi) is 3.03. The van der Waals surface area contributed by atoms with Crippen molar-refractivity contribution < 1.29 is 29.3 Å². The van der Waals surface area contributed by atoms with Gasteiger partial charge >= 0.3 is 11.9 Å². The number of aliphatic hydroxyl groups is 2. The Labute approximate surface area is 152 Å². The SMILES string of the molecule is C=C1C2CCC3C(C2)(C(=O)OC2CCC(C)(C)C4C(O)OC(=O)C243)C1O. The van der Waals surface area contributed by atoms with Crippen LogP contribution in [0.5, 0.6) is 0 Å². The smallest absolute Gasteiger partial charge is 0.319 e. The minimum absolute atomic E-state index is 0.0825. The first-order valence-corrected chi connectivity index (χ1v) is 9.64. The van der Waals surface area contributed by atoms with Crippen LogP contribution in [0.2, 0.25) is 0 Å². The van der Waals surface area contributed by atoms with Crippen molar-refractivity contribution in [2.45, 2.75) is 64.4 Å². The van der Waals surface area contributed by atoms with E-state index in [1.807, 2.05) is 13.8 Å². The summed E-state index contributed by atoms with van der Waals surface area (Å²) in [5.41, 5.74) is -1.86. The van der Waals surface area contributed by atoms with Crippen LogP contribution in [-0.4, -0.2) is 40.6 Å². The summed E-state index contributed by atoms with van der Waals surface area (Å²) in [7, 11) is 0. The highest BCUT2D eigenvalue weighted by Gasteiger charge is 2.80. The third-order valence-electron chi connectivity index (χ3n) is 8.39. The minimum Gasteiger partial charge on any atom is -0.461 e. The molecule has 2 bridgehead atoms. The molecule has 0 radical (unpaired) electrons. The first-order chi connectivity index (χ1) is 12.2. The molecule has 3 aliphatic carbocycles. The molecule has 2 saturated heterocycles. The molecule has 3 saturated carbocycles. The zero-order valence-electron chi connectivity index (χ0n) is 15.2. The molecule has 5 aliphatic rings. The molecule has 2 aliphatic heterocycles. The Morgan fingerprint density at radius 3 is 2.54 bits per heavy atom. The number of hydrogen-bond acceptors (Lipinski definition) is 6. The van der Waals surface area contributed by atoms with Crippen LogP contribution in [0.1, 0.15) is 46.0 Å². The Balaban J connectivity index is 1.75. The first kappa shape index (κ1) is 16.8. The van der Waals surface area contributed by atoms with Crippen LogP contribution in [0.3, 0.4) is 0 Å². The second-order valence-electron chi connectivity index (χ2n) is 9.68. The van der Waals surface area contributed by atoms with Crippen LogP contribution in [0.25, 0.3) is 0 Å². The molecule has 8 atom stereocenters. The van der Waals surface area contributed by atoms with Crippen molar-refractivity contribution in [3.05, 3.63) is 12.2 Å². The molecule has 0 aromatic carbocycles. The number of aliphatic hydroxyl groups excluding tert-OH is 2. The number of rotatable bonds is 0. The van der Waals surface area contributed by atoms with Gasteiger partial charge in [-0.05, 0) is 54.9 Å². The van der Waals surface area contributed by atoms with Gasteiger partial charge in [0.15, 0.2) is 0 Å². The second-order valence-corrected chi connectivity index (χ2v) is 9.68. The number of carbonyl (C=O) groups is 2. The van der Waals surface area contributed by atoms with E-state index >= 15 is 0 Å². The average molecular weight is 362 g/mol. The maximum atomic E-state index is 13.2. The molecule has 0 amide bonds. The van der Waals surface area contributed by atoms with Gasteiger partial charge in [-0.25, -0.2) is 0 Å². The van der Waals surface area contributed by atoms with E-state index in [1.165, 1.54) is 0 Å². The van der Waals surface area contributed by atoms with Gasteiger partial charge in [-0.1, -0.05) is 20.4 Å². The van der Waals surface area contributed by atoms with Crippen LogP contribution in [0, 0.1) is 34.0 Å². The van der Waals surface area contributed by atoms with Crippen LogP contribution in [0.15, 0.2) is 12.2 Å². The Hall–Kier alpha value is -1.40. The lowest BCUT2D eigenvalue weighted by molar-refractivity contribution is -0.246. The fraction of sp³-hybridized carbons (Fsp3) is 0.800. The predicted molar refractivity (Wildman–Crippen MR) is 89.3 cm³/mol. The molecule has 26 heavy (non-hydrogen) atoms. The molecule has 6 heteroatoms. The van der Waals surface area contributed by atoms with Gasteiger partial charge in [0.05, 0.1) is 6.10 Å². The highest BCUT2D eigenvalue weighted by molar-refractivity contribution is 5.88. The van der Waals surface area contributed by atoms with Crippen molar-refractivity contribution in [2.24, 2.45) is 34.0 Å². The van der Waals surface area contributed by atoms with Crippen LogP contribution in [0.4, 0.5) is 0 Å². The van der Waals surface area contributed by atoms with E-state index in [1.54, 1.807) is 0 Å². The molecule has 8 unspecified atom stereocenters. The Bertz CT molecular complexity index is 728. The highest BCUT2D eigenvalue weighted by Crippen LogP contribution is 2.72. The molecule has 2 heterocycles. The molecule has 0 aromatic rings. The minimum atomic E-state index is -1.20. The van der Waals surface area contributed by atoms with Crippen molar-refractivity contribution in [1.82, 2.24) is 0 Å². The van der Waals surface area contributed by atoms with E-state index in [9.17, 15) is 19.8 Å². The van der Waals surface area contributed by atoms with Crippen molar-refractivity contribution in [2.75, 3.05) is 0 Å². The standard InChI is InChI=1S/C20H26O6/c1-9-10-4-5-11-19(8-10,14(9)21)16(23)25-12-6-7-18(2,3)13-15(22)26-17(24)20(11,12)13/h10-15,21-22H,1,4-8H2,2-3H3. The summed E-state index contributed by atoms with van der Waals surface area (Å²) in [6.07, 6.45) is 0.425. The van der Waals surface area contributed by atoms with Crippen molar-refractivity contribution in [3.63, 3.8) is 0 Å². The van der Waals surface area contributed by atoms with E-state index in [-0.39, 0.29) is 17.3 Å². The molecule has 142 valence electrons. The van der Waals surface area contributed by atoms with Crippen molar-refractivity contribution in [1.29, 1.82) is 0 Å². The van der Waals surface area contributed by atoms with E-state index in [4.69, 9.17) is 9.47 Å². The molecular weight excluding hydrogens is 336 g/mol. The van der Waals surface area contributed by atoms with Crippen LogP contribution in [-0.2, 0) is 19.1 Å². The van der Waals surface area contributed by atoms with E-state index in [0.717, 1.165) is 12.8 Å². The molecule has 0 aromatic heterocycles.